The second kappa shape index (κ2) is 2.97. The van der Waals surface area contributed by atoms with E-state index < -0.39 is 0 Å². The van der Waals surface area contributed by atoms with Gasteiger partial charge in [-0.15, -0.1) is 0 Å². The molecule has 0 spiro atoms. The summed E-state index contributed by atoms with van der Waals surface area (Å²) in [6.45, 7) is 0.807. The Bertz CT molecular complexity index is 282. The Morgan fingerprint density at radius 1 is 1.75 bits per heavy atom. The zero-order valence-corrected chi connectivity index (χ0v) is 6.73. The van der Waals surface area contributed by atoms with E-state index in [0.29, 0.717) is 0 Å². The first-order valence-corrected chi connectivity index (χ1v) is 4.10. The molecule has 1 aromatic rings. The Labute approximate surface area is 70.6 Å². The Kier molecular flexibility index (Phi) is 1.81. The second-order valence-corrected chi connectivity index (χ2v) is 3.02. The van der Waals surface area contributed by atoms with Crippen molar-refractivity contribution >= 4 is 6.41 Å². The van der Waals surface area contributed by atoms with Crippen LogP contribution in [0.4, 0.5) is 0 Å². The Hall–Kier alpha value is -1.32. The fourth-order valence-electron chi connectivity index (χ4n) is 1.59. The van der Waals surface area contributed by atoms with Gasteiger partial charge >= 0.3 is 0 Å². The minimum absolute atomic E-state index is 0.259. The predicted molar refractivity (Wildman–Crippen MR) is 43.5 cm³/mol. The van der Waals surface area contributed by atoms with Crippen LogP contribution in [0, 0.1) is 0 Å². The molecule has 0 aromatic carbocycles. The molecule has 0 bridgehead atoms. The number of aromatic nitrogens is 2. The van der Waals surface area contributed by atoms with Crippen molar-refractivity contribution in [2.75, 3.05) is 0 Å². The molecular formula is C8H11N3O. The molecule has 1 aliphatic heterocycles. The Morgan fingerprint density at radius 3 is 3.50 bits per heavy atom. The normalized spacial score (nSPS) is 21.5. The van der Waals surface area contributed by atoms with Crippen molar-refractivity contribution in [2.45, 2.75) is 25.4 Å². The van der Waals surface area contributed by atoms with Crippen LogP contribution >= 0.6 is 0 Å². The molecule has 2 rings (SSSR count). The highest BCUT2D eigenvalue weighted by Crippen LogP contribution is 2.12. The van der Waals surface area contributed by atoms with Gasteiger partial charge in [-0.1, -0.05) is 0 Å². The zero-order chi connectivity index (χ0) is 8.39. The number of rotatable bonds is 2. The van der Waals surface area contributed by atoms with Crippen LogP contribution in [-0.4, -0.2) is 22.2 Å². The van der Waals surface area contributed by atoms with Crippen LogP contribution in [0.3, 0.4) is 0 Å². The highest BCUT2D eigenvalue weighted by molar-refractivity contribution is 5.46. The van der Waals surface area contributed by atoms with E-state index in [4.69, 9.17) is 0 Å². The van der Waals surface area contributed by atoms with Crippen molar-refractivity contribution in [1.82, 2.24) is 15.1 Å². The standard InChI is InChI=1S/C8H11N3O/c12-6-9-7-1-2-8-3-4-10-11(8)5-7/h3-4,6-7H,1-2,5H2,(H,9,12). The molecule has 0 radical (unpaired) electrons. The maximum atomic E-state index is 10.2. The highest BCUT2D eigenvalue weighted by Gasteiger charge is 2.17. The number of hydrogen-bond acceptors (Lipinski definition) is 2. The molecule has 0 aliphatic carbocycles. The molecule has 1 unspecified atom stereocenters. The zero-order valence-electron chi connectivity index (χ0n) is 6.73. The van der Waals surface area contributed by atoms with Crippen LogP contribution in [0.1, 0.15) is 12.1 Å². The summed E-state index contributed by atoms with van der Waals surface area (Å²) >= 11 is 0. The van der Waals surface area contributed by atoms with Crippen molar-refractivity contribution in [2.24, 2.45) is 0 Å². The molecule has 1 aliphatic rings. The molecule has 0 saturated carbocycles. The number of nitrogens with one attached hydrogen (secondary N) is 1. The maximum absolute atomic E-state index is 10.2. The van der Waals surface area contributed by atoms with Crippen molar-refractivity contribution in [3.63, 3.8) is 0 Å². The molecule has 4 nitrogen and oxygen atoms in total. The van der Waals surface area contributed by atoms with Crippen molar-refractivity contribution in [3.8, 4) is 0 Å². The lowest BCUT2D eigenvalue weighted by atomic mass is 10.1. The van der Waals surface area contributed by atoms with E-state index in [1.54, 1.807) is 6.20 Å². The molecule has 2 heterocycles. The predicted octanol–water partition coefficient (Wildman–Crippen LogP) is -0.0561. The molecule has 1 aromatic heterocycles. The van der Waals surface area contributed by atoms with E-state index in [1.165, 1.54) is 5.69 Å². The van der Waals surface area contributed by atoms with Crippen LogP contribution < -0.4 is 5.32 Å². The number of carbonyl (C=O) groups excluding carboxylic acids is 1. The number of hydrogen-bond donors (Lipinski definition) is 1. The van der Waals surface area contributed by atoms with Crippen LogP contribution in [0.5, 0.6) is 0 Å². The molecule has 64 valence electrons. The monoisotopic (exact) mass is 165 g/mol. The minimum atomic E-state index is 0.259. The third-order valence-corrected chi connectivity index (χ3v) is 2.25. The number of amides is 1. The summed E-state index contributed by atoms with van der Waals surface area (Å²) in [4.78, 5) is 10.2. The van der Waals surface area contributed by atoms with E-state index >= 15 is 0 Å². The van der Waals surface area contributed by atoms with E-state index in [2.05, 4.69) is 10.4 Å². The van der Waals surface area contributed by atoms with E-state index in [-0.39, 0.29) is 6.04 Å². The van der Waals surface area contributed by atoms with Gasteiger partial charge in [0.2, 0.25) is 6.41 Å². The lowest BCUT2D eigenvalue weighted by molar-refractivity contribution is -0.110. The molecule has 0 saturated heterocycles. The molecule has 1 N–H and O–H groups in total. The van der Waals surface area contributed by atoms with Gasteiger partial charge in [-0.05, 0) is 18.9 Å². The fourth-order valence-corrected chi connectivity index (χ4v) is 1.59. The van der Waals surface area contributed by atoms with Gasteiger partial charge in [0.25, 0.3) is 0 Å². The van der Waals surface area contributed by atoms with Crippen molar-refractivity contribution < 1.29 is 4.79 Å². The first-order chi connectivity index (χ1) is 5.90. The smallest absolute Gasteiger partial charge is 0.207 e. The summed E-state index contributed by atoms with van der Waals surface area (Å²) in [6, 6.07) is 2.28. The third kappa shape index (κ3) is 1.20. The molecule has 1 amide bonds. The number of fused-ring (bicyclic) bond motifs is 1. The molecule has 1 atom stereocenters. The number of nitrogens with zero attached hydrogens (tertiary/aromatic N) is 2. The highest BCUT2D eigenvalue weighted by atomic mass is 16.1. The van der Waals surface area contributed by atoms with Gasteiger partial charge < -0.3 is 5.32 Å². The Balaban J connectivity index is 2.09. The molecule has 12 heavy (non-hydrogen) atoms. The minimum Gasteiger partial charge on any atom is -0.354 e. The summed E-state index contributed by atoms with van der Waals surface area (Å²) < 4.78 is 1.95. The molecule has 4 heteroatoms. The lowest BCUT2D eigenvalue weighted by Crippen LogP contribution is -2.36. The third-order valence-electron chi connectivity index (χ3n) is 2.25. The number of carbonyl (C=O) groups is 1. The van der Waals surface area contributed by atoms with Gasteiger partial charge in [0, 0.05) is 17.9 Å². The van der Waals surface area contributed by atoms with Crippen LogP contribution in [-0.2, 0) is 17.8 Å². The van der Waals surface area contributed by atoms with Gasteiger partial charge in [-0.3, -0.25) is 9.48 Å². The molecular weight excluding hydrogens is 154 g/mol. The van der Waals surface area contributed by atoms with Crippen LogP contribution in [0.2, 0.25) is 0 Å². The summed E-state index contributed by atoms with van der Waals surface area (Å²) in [5.41, 5.74) is 1.26. The summed E-state index contributed by atoms with van der Waals surface area (Å²) in [6.07, 6.45) is 4.59. The molecule has 0 fully saturated rings. The Morgan fingerprint density at radius 2 is 2.67 bits per heavy atom. The van der Waals surface area contributed by atoms with E-state index in [0.717, 1.165) is 25.8 Å². The van der Waals surface area contributed by atoms with Gasteiger partial charge in [0.05, 0.1) is 6.54 Å². The summed E-state index contributed by atoms with van der Waals surface area (Å²) in [5.74, 6) is 0. The number of aryl methyl sites for hydroxylation is 1. The second-order valence-electron chi connectivity index (χ2n) is 3.02. The summed E-state index contributed by atoms with van der Waals surface area (Å²) in [7, 11) is 0. The maximum Gasteiger partial charge on any atom is 0.207 e. The lowest BCUT2D eigenvalue weighted by Gasteiger charge is -2.22. The van der Waals surface area contributed by atoms with Gasteiger partial charge in [-0.2, -0.15) is 5.10 Å². The van der Waals surface area contributed by atoms with E-state index in [1.807, 2.05) is 10.7 Å². The largest absolute Gasteiger partial charge is 0.354 e. The first kappa shape index (κ1) is 7.34. The van der Waals surface area contributed by atoms with Gasteiger partial charge in [0.1, 0.15) is 0 Å². The topological polar surface area (TPSA) is 46.9 Å². The van der Waals surface area contributed by atoms with Crippen LogP contribution in [0.25, 0.3) is 0 Å². The van der Waals surface area contributed by atoms with Gasteiger partial charge in [-0.25, -0.2) is 0 Å². The van der Waals surface area contributed by atoms with E-state index in [9.17, 15) is 4.79 Å². The van der Waals surface area contributed by atoms with Gasteiger partial charge in [0.15, 0.2) is 0 Å². The fraction of sp³-hybridized carbons (Fsp3) is 0.500. The SMILES string of the molecule is O=CNC1CCc2ccnn2C1. The van der Waals surface area contributed by atoms with Crippen LogP contribution in [0.15, 0.2) is 12.3 Å². The average Bonchev–Trinajstić information content (AvgIpc) is 2.51. The average molecular weight is 165 g/mol. The first-order valence-electron chi connectivity index (χ1n) is 4.10. The van der Waals surface area contributed by atoms with Crippen molar-refractivity contribution in [1.29, 1.82) is 0 Å². The quantitative estimate of drug-likeness (QED) is 0.624. The van der Waals surface area contributed by atoms with Crippen molar-refractivity contribution in [3.05, 3.63) is 18.0 Å². The summed E-state index contributed by atoms with van der Waals surface area (Å²) in [5, 5.41) is 6.92.